The molecule has 2 aromatic heterocycles. The Balaban J connectivity index is 1.32. The number of hydrogen-bond acceptors (Lipinski definition) is 6. The standard InChI is InChI=1S/C24H26FN5O4/c1-16(31)26-11-20-15-30(24(32)34-20)19-3-4-21(22(25)10-19)17-2-5-23-27-18(14-29(23)12-17)13-28-6-8-33-9-7-28/h2-5,10,12,14,20H,6-9,11,13,15H2,1H3,(H,26,31)/t20-/m1/s1. The molecule has 2 aliphatic rings. The summed E-state index contributed by atoms with van der Waals surface area (Å²) in [5, 5.41) is 2.63. The van der Waals surface area contributed by atoms with Gasteiger partial charge in [0.1, 0.15) is 17.6 Å². The third-order valence-corrected chi connectivity index (χ3v) is 6.02. The molecule has 0 bridgehead atoms. The van der Waals surface area contributed by atoms with Crippen LogP contribution in [0.1, 0.15) is 12.6 Å². The lowest BCUT2D eigenvalue weighted by Crippen LogP contribution is -2.35. The predicted molar refractivity (Wildman–Crippen MR) is 123 cm³/mol. The summed E-state index contributed by atoms with van der Waals surface area (Å²) in [6, 6.07) is 8.40. The van der Waals surface area contributed by atoms with Gasteiger partial charge in [0.05, 0.1) is 37.7 Å². The number of ether oxygens (including phenoxy) is 2. The SMILES string of the molecule is CC(=O)NC[C@@H]1CN(c2ccc(-c3ccc4nc(CN5CCOCC5)cn4c3)c(F)c2)C(=O)O1. The minimum atomic E-state index is -0.560. The van der Waals surface area contributed by atoms with Crippen LogP contribution in [0.3, 0.4) is 0 Å². The number of halogens is 1. The van der Waals surface area contributed by atoms with Crippen molar-refractivity contribution in [2.24, 2.45) is 0 Å². The zero-order valence-corrected chi connectivity index (χ0v) is 18.9. The fraction of sp³-hybridized carbons (Fsp3) is 0.375. The Kier molecular flexibility index (Phi) is 6.16. The molecule has 2 fully saturated rings. The van der Waals surface area contributed by atoms with E-state index in [9.17, 15) is 9.59 Å². The zero-order valence-electron chi connectivity index (χ0n) is 18.9. The minimum Gasteiger partial charge on any atom is -0.442 e. The van der Waals surface area contributed by atoms with Crippen molar-refractivity contribution in [3.8, 4) is 11.1 Å². The summed E-state index contributed by atoms with van der Waals surface area (Å²) < 4.78 is 27.7. The molecule has 4 heterocycles. The Labute approximate surface area is 196 Å². The Morgan fingerprint density at radius 3 is 2.79 bits per heavy atom. The van der Waals surface area contributed by atoms with Crippen LogP contribution in [-0.2, 0) is 20.8 Å². The van der Waals surface area contributed by atoms with E-state index in [-0.39, 0.29) is 19.0 Å². The first-order valence-electron chi connectivity index (χ1n) is 11.3. The second kappa shape index (κ2) is 9.40. The van der Waals surface area contributed by atoms with E-state index in [0.717, 1.165) is 44.2 Å². The molecule has 2 amide bonds. The first-order chi connectivity index (χ1) is 16.5. The number of imidazole rings is 1. The molecule has 2 saturated heterocycles. The molecule has 34 heavy (non-hydrogen) atoms. The molecular weight excluding hydrogens is 441 g/mol. The number of nitrogens with zero attached hydrogens (tertiary/aromatic N) is 4. The number of nitrogens with one attached hydrogen (secondary N) is 1. The average molecular weight is 468 g/mol. The number of hydrogen-bond donors (Lipinski definition) is 1. The maximum Gasteiger partial charge on any atom is 0.414 e. The molecule has 178 valence electrons. The van der Waals surface area contributed by atoms with E-state index in [1.807, 2.05) is 28.9 Å². The first-order valence-corrected chi connectivity index (χ1v) is 11.3. The maximum atomic E-state index is 15.1. The van der Waals surface area contributed by atoms with Crippen LogP contribution in [0.2, 0.25) is 0 Å². The van der Waals surface area contributed by atoms with Gasteiger partial charge in [-0.2, -0.15) is 0 Å². The molecule has 10 heteroatoms. The topological polar surface area (TPSA) is 88.4 Å². The summed E-state index contributed by atoms with van der Waals surface area (Å²) in [7, 11) is 0. The van der Waals surface area contributed by atoms with Gasteiger partial charge in [0.25, 0.3) is 0 Å². The van der Waals surface area contributed by atoms with Crippen LogP contribution >= 0.6 is 0 Å². The monoisotopic (exact) mass is 467 g/mol. The van der Waals surface area contributed by atoms with E-state index >= 15 is 4.39 Å². The van der Waals surface area contributed by atoms with Crippen molar-refractivity contribution < 1.29 is 23.5 Å². The van der Waals surface area contributed by atoms with Crippen molar-refractivity contribution in [2.45, 2.75) is 19.6 Å². The molecule has 0 unspecified atom stereocenters. The van der Waals surface area contributed by atoms with Crippen LogP contribution < -0.4 is 10.2 Å². The van der Waals surface area contributed by atoms with Crippen molar-refractivity contribution in [1.29, 1.82) is 0 Å². The number of carbonyl (C=O) groups is 2. The molecule has 1 atom stereocenters. The van der Waals surface area contributed by atoms with Crippen LogP contribution in [0.25, 0.3) is 16.8 Å². The molecule has 0 aliphatic carbocycles. The normalized spacial score (nSPS) is 18.9. The quantitative estimate of drug-likeness (QED) is 0.599. The Morgan fingerprint density at radius 2 is 2.03 bits per heavy atom. The molecule has 5 rings (SSSR count). The van der Waals surface area contributed by atoms with Gasteiger partial charge >= 0.3 is 6.09 Å². The summed E-state index contributed by atoms with van der Waals surface area (Å²) in [6.45, 7) is 5.84. The van der Waals surface area contributed by atoms with Crippen LogP contribution in [0, 0.1) is 5.82 Å². The van der Waals surface area contributed by atoms with E-state index < -0.39 is 18.0 Å². The lowest BCUT2D eigenvalue weighted by atomic mass is 10.1. The fourth-order valence-electron chi connectivity index (χ4n) is 4.27. The molecule has 9 nitrogen and oxygen atoms in total. The summed E-state index contributed by atoms with van der Waals surface area (Å²) in [5.41, 5.74) is 3.30. The summed E-state index contributed by atoms with van der Waals surface area (Å²) in [5.74, 6) is -0.642. The summed E-state index contributed by atoms with van der Waals surface area (Å²) >= 11 is 0. The number of carbonyl (C=O) groups excluding carboxylic acids is 2. The second-order valence-corrected chi connectivity index (χ2v) is 8.52. The fourth-order valence-corrected chi connectivity index (χ4v) is 4.27. The first kappa shape index (κ1) is 22.3. The van der Waals surface area contributed by atoms with E-state index in [4.69, 9.17) is 9.47 Å². The highest BCUT2D eigenvalue weighted by molar-refractivity contribution is 5.90. The Bertz CT molecular complexity index is 1220. The molecule has 2 aliphatic heterocycles. The largest absolute Gasteiger partial charge is 0.442 e. The predicted octanol–water partition coefficient (Wildman–Crippen LogP) is 2.43. The molecule has 1 aromatic carbocycles. The molecular formula is C24H26FN5O4. The number of cyclic esters (lactones) is 1. The van der Waals surface area contributed by atoms with Gasteiger partial charge in [-0.25, -0.2) is 14.2 Å². The van der Waals surface area contributed by atoms with Gasteiger partial charge in [-0.15, -0.1) is 0 Å². The molecule has 1 N–H and O–H groups in total. The van der Waals surface area contributed by atoms with Crippen molar-refractivity contribution in [3.63, 3.8) is 0 Å². The number of pyridine rings is 1. The van der Waals surface area contributed by atoms with Crippen LogP contribution in [0.15, 0.2) is 42.7 Å². The van der Waals surface area contributed by atoms with Crippen molar-refractivity contribution in [1.82, 2.24) is 19.6 Å². The minimum absolute atomic E-state index is 0.201. The third-order valence-electron chi connectivity index (χ3n) is 6.02. The number of fused-ring (bicyclic) bond motifs is 1. The second-order valence-electron chi connectivity index (χ2n) is 8.52. The van der Waals surface area contributed by atoms with Crippen LogP contribution in [0.5, 0.6) is 0 Å². The van der Waals surface area contributed by atoms with Crippen LogP contribution in [-0.4, -0.2) is 71.8 Å². The van der Waals surface area contributed by atoms with Gasteiger partial charge in [0, 0.05) is 50.1 Å². The van der Waals surface area contributed by atoms with E-state index in [2.05, 4.69) is 15.2 Å². The van der Waals surface area contributed by atoms with Crippen molar-refractivity contribution in [3.05, 3.63) is 54.2 Å². The number of morpholine rings is 1. The van der Waals surface area contributed by atoms with Gasteiger partial charge in [-0.3, -0.25) is 14.6 Å². The molecule has 0 saturated carbocycles. The Hall–Kier alpha value is -3.50. The number of rotatable bonds is 6. The highest BCUT2D eigenvalue weighted by atomic mass is 19.1. The van der Waals surface area contributed by atoms with Gasteiger partial charge in [0.2, 0.25) is 5.91 Å². The third kappa shape index (κ3) is 4.73. The molecule has 3 aromatic rings. The number of amides is 2. The highest BCUT2D eigenvalue weighted by Gasteiger charge is 2.32. The number of benzene rings is 1. The number of aromatic nitrogens is 2. The van der Waals surface area contributed by atoms with E-state index in [1.165, 1.54) is 17.9 Å². The maximum absolute atomic E-state index is 15.1. The van der Waals surface area contributed by atoms with Gasteiger partial charge < -0.3 is 19.2 Å². The van der Waals surface area contributed by atoms with Gasteiger partial charge in [0.15, 0.2) is 0 Å². The smallest absolute Gasteiger partial charge is 0.414 e. The molecule has 0 spiro atoms. The summed E-state index contributed by atoms with van der Waals surface area (Å²) in [4.78, 5) is 31.7. The van der Waals surface area contributed by atoms with Crippen molar-refractivity contribution >= 4 is 23.3 Å². The van der Waals surface area contributed by atoms with Crippen molar-refractivity contribution in [2.75, 3.05) is 44.3 Å². The Morgan fingerprint density at radius 1 is 1.21 bits per heavy atom. The van der Waals surface area contributed by atoms with Gasteiger partial charge in [-0.1, -0.05) is 0 Å². The zero-order chi connectivity index (χ0) is 23.7. The van der Waals surface area contributed by atoms with Crippen LogP contribution in [0.4, 0.5) is 14.9 Å². The number of anilines is 1. The average Bonchev–Trinajstić information content (AvgIpc) is 3.40. The lowest BCUT2D eigenvalue weighted by Gasteiger charge is -2.25. The summed E-state index contributed by atoms with van der Waals surface area (Å²) in [6.07, 6.45) is 2.79. The highest BCUT2D eigenvalue weighted by Crippen LogP contribution is 2.29. The molecule has 0 radical (unpaired) electrons. The van der Waals surface area contributed by atoms with E-state index in [1.54, 1.807) is 12.1 Å². The lowest BCUT2D eigenvalue weighted by molar-refractivity contribution is -0.119. The van der Waals surface area contributed by atoms with Gasteiger partial charge in [-0.05, 0) is 30.3 Å². The van der Waals surface area contributed by atoms with E-state index in [0.29, 0.717) is 16.8 Å².